The minimum atomic E-state index is -1.24. The average Bonchev–Trinajstić information content (AvgIpc) is 2.63. The molecule has 1 aliphatic rings. The predicted molar refractivity (Wildman–Crippen MR) is 64.8 cm³/mol. The molecule has 2 amide bonds. The summed E-state index contributed by atoms with van der Waals surface area (Å²) in [6.07, 6.45) is 0.0334. The number of nitrogens with zero attached hydrogens (tertiary/aromatic N) is 1. The molecule has 0 bridgehead atoms. The molecule has 1 fully saturated rings. The molecule has 6 heteroatoms. The normalized spacial score (nSPS) is 19.3. The lowest BCUT2D eigenvalue weighted by atomic mass is 10.3. The minimum absolute atomic E-state index is 0.0334. The quantitative estimate of drug-likeness (QED) is 0.704. The maximum atomic E-state index is 12.0. The summed E-state index contributed by atoms with van der Waals surface area (Å²) in [5, 5.41) is 9.72. The van der Waals surface area contributed by atoms with Gasteiger partial charge >= 0.3 is 0 Å². The van der Waals surface area contributed by atoms with E-state index in [0.717, 1.165) is 16.7 Å². The van der Waals surface area contributed by atoms with Crippen LogP contribution in [0.2, 0.25) is 0 Å². The fourth-order valence-corrected chi connectivity index (χ4v) is 2.60. The van der Waals surface area contributed by atoms with Crippen molar-refractivity contribution in [2.75, 3.05) is 10.7 Å². The van der Waals surface area contributed by atoms with E-state index >= 15 is 0 Å². The third kappa shape index (κ3) is 2.53. The van der Waals surface area contributed by atoms with Crippen LogP contribution in [0.25, 0.3) is 0 Å². The number of imide groups is 1. The Labute approximate surface area is 108 Å². The molecular weight excluding hydrogens is 254 g/mol. The number of carboxylic acid groups (broad SMARTS) is 1. The molecule has 0 N–H and O–H groups in total. The molecule has 1 aliphatic heterocycles. The highest BCUT2D eigenvalue weighted by Crippen LogP contribution is 2.29. The first-order valence-electron chi connectivity index (χ1n) is 5.33. The molecule has 0 radical (unpaired) electrons. The molecular formula is C12H10NO4S-. The molecule has 0 saturated carbocycles. The smallest absolute Gasteiger partial charge is 0.247 e. The molecule has 0 unspecified atom stereocenters. The lowest BCUT2D eigenvalue weighted by molar-refractivity contribution is -0.301. The number of amides is 2. The van der Waals surface area contributed by atoms with Crippen molar-refractivity contribution in [2.24, 2.45) is 0 Å². The largest absolute Gasteiger partial charge is 0.549 e. The molecule has 1 saturated heterocycles. The second-order valence-corrected chi connectivity index (χ2v) is 4.97. The first-order chi connectivity index (χ1) is 8.59. The molecule has 2 rings (SSSR count). The first-order valence-corrected chi connectivity index (χ1v) is 6.38. The maximum absolute atomic E-state index is 12.0. The number of aliphatic carboxylic acids is 1. The second kappa shape index (κ2) is 5.22. The zero-order chi connectivity index (χ0) is 13.1. The van der Waals surface area contributed by atoms with Gasteiger partial charge in [-0.15, -0.1) is 11.8 Å². The van der Waals surface area contributed by atoms with Crippen LogP contribution in [0.4, 0.5) is 5.69 Å². The van der Waals surface area contributed by atoms with Gasteiger partial charge in [-0.1, -0.05) is 18.2 Å². The number of benzene rings is 1. The van der Waals surface area contributed by atoms with E-state index in [1.807, 2.05) is 0 Å². The van der Waals surface area contributed by atoms with Crippen molar-refractivity contribution in [1.29, 1.82) is 0 Å². The van der Waals surface area contributed by atoms with E-state index in [1.165, 1.54) is 0 Å². The van der Waals surface area contributed by atoms with E-state index in [1.54, 1.807) is 30.3 Å². The van der Waals surface area contributed by atoms with Crippen molar-refractivity contribution >= 4 is 35.2 Å². The topological polar surface area (TPSA) is 77.5 Å². The van der Waals surface area contributed by atoms with Crippen LogP contribution in [0.5, 0.6) is 0 Å². The van der Waals surface area contributed by atoms with Crippen LogP contribution in [-0.2, 0) is 14.4 Å². The number of thioether (sulfide) groups is 1. The van der Waals surface area contributed by atoms with Crippen molar-refractivity contribution in [2.45, 2.75) is 11.7 Å². The number of carbonyl (C=O) groups excluding carboxylic acids is 3. The fourth-order valence-electron chi connectivity index (χ4n) is 1.75. The Balaban J connectivity index is 2.12. The molecule has 1 atom stereocenters. The van der Waals surface area contributed by atoms with E-state index in [-0.39, 0.29) is 24.0 Å². The van der Waals surface area contributed by atoms with Crippen molar-refractivity contribution in [1.82, 2.24) is 0 Å². The summed E-state index contributed by atoms with van der Waals surface area (Å²) in [6.45, 7) is 0. The monoisotopic (exact) mass is 264 g/mol. The standard InChI is InChI=1S/C12H11NO4S/c14-10-6-9(18-7-11(15)16)12(17)13(10)8-4-2-1-3-5-8/h1-5,9H,6-7H2,(H,15,16)/p-1/t9-/m0/s1. The van der Waals surface area contributed by atoms with Gasteiger partial charge in [0.05, 0.1) is 16.9 Å². The SMILES string of the molecule is O=C([O-])CS[C@H]1CC(=O)N(c2ccccc2)C1=O. The van der Waals surface area contributed by atoms with Gasteiger partial charge in [0.15, 0.2) is 0 Å². The molecule has 0 aromatic heterocycles. The van der Waals surface area contributed by atoms with Crippen LogP contribution in [0.3, 0.4) is 0 Å². The van der Waals surface area contributed by atoms with Gasteiger partial charge in [-0.05, 0) is 12.1 Å². The fraction of sp³-hybridized carbons (Fsp3) is 0.250. The highest BCUT2D eigenvalue weighted by atomic mass is 32.2. The molecule has 18 heavy (non-hydrogen) atoms. The highest BCUT2D eigenvalue weighted by Gasteiger charge is 2.39. The number of hydrogen-bond donors (Lipinski definition) is 0. The lowest BCUT2D eigenvalue weighted by Crippen LogP contribution is -2.32. The lowest BCUT2D eigenvalue weighted by Gasteiger charge is -2.14. The number of anilines is 1. The van der Waals surface area contributed by atoms with Crippen LogP contribution >= 0.6 is 11.8 Å². The maximum Gasteiger partial charge on any atom is 0.247 e. The van der Waals surface area contributed by atoms with Crippen molar-refractivity contribution in [3.05, 3.63) is 30.3 Å². The van der Waals surface area contributed by atoms with Gasteiger partial charge in [0, 0.05) is 12.2 Å². The van der Waals surface area contributed by atoms with Crippen LogP contribution in [0.1, 0.15) is 6.42 Å². The van der Waals surface area contributed by atoms with Gasteiger partial charge in [0.1, 0.15) is 0 Å². The summed E-state index contributed by atoms with van der Waals surface area (Å²) < 4.78 is 0. The number of hydrogen-bond acceptors (Lipinski definition) is 5. The molecule has 1 aromatic carbocycles. The van der Waals surface area contributed by atoms with Gasteiger partial charge < -0.3 is 9.90 Å². The summed E-state index contributed by atoms with van der Waals surface area (Å²) in [5.74, 6) is -2.19. The molecule has 0 spiro atoms. The Bertz CT molecular complexity index is 488. The van der Waals surface area contributed by atoms with E-state index in [9.17, 15) is 19.5 Å². The van der Waals surface area contributed by atoms with Crippen LogP contribution in [0, 0.1) is 0 Å². The Morgan fingerprint density at radius 3 is 2.61 bits per heavy atom. The minimum Gasteiger partial charge on any atom is -0.549 e. The molecule has 94 valence electrons. The van der Waals surface area contributed by atoms with Crippen molar-refractivity contribution in [3.8, 4) is 0 Å². The average molecular weight is 264 g/mol. The summed E-state index contributed by atoms with van der Waals surface area (Å²) in [4.78, 5) is 35.2. The van der Waals surface area contributed by atoms with Gasteiger partial charge in [-0.2, -0.15) is 0 Å². The van der Waals surface area contributed by atoms with Crippen LogP contribution in [-0.4, -0.2) is 28.8 Å². The third-order valence-electron chi connectivity index (χ3n) is 2.52. The molecule has 1 aromatic rings. The Kier molecular flexibility index (Phi) is 3.66. The van der Waals surface area contributed by atoms with Crippen LogP contribution in [0.15, 0.2) is 30.3 Å². The number of para-hydroxylation sites is 1. The summed E-state index contributed by atoms with van der Waals surface area (Å²) in [5.41, 5.74) is 0.518. The van der Waals surface area contributed by atoms with E-state index < -0.39 is 11.2 Å². The number of carbonyl (C=O) groups is 3. The Morgan fingerprint density at radius 1 is 1.33 bits per heavy atom. The summed E-state index contributed by atoms with van der Waals surface area (Å²) in [7, 11) is 0. The van der Waals surface area contributed by atoms with Gasteiger partial charge in [0.2, 0.25) is 11.8 Å². The molecule has 1 heterocycles. The zero-order valence-electron chi connectivity index (χ0n) is 9.37. The zero-order valence-corrected chi connectivity index (χ0v) is 10.2. The van der Waals surface area contributed by atoms with Crippen molar-refractivity contribution in [3.63, 3.8) is 0 Å². The Morgan fingerprint density at radius 2 is 2.00 bits per heavy atom. The van der Waals surface area contributed by atoms with E-state index in [2.05, 4.69) is 0 Å². The van der Waals surface area contributed by atoms with Crippen LogP contribution < -0.4 is 10.0 Å². The van der Waals surface area contributed by atoms with Gasteiger partial charge in [-0.3, -0.25) is 9.59 Å². The van der Waals surface area contributed by atoms with Crippen molar-refractivity contribution < 1.29 is 19.5 Å². The molecule has 5 nitrogen and oxygen atoms in total. The third-order valence-corrected chi connectivity index (χ3v) is 3.70. The summed E-state index contributed by atoms with van der Waals surface area (Å²) >= 11 is 0.928. The molecule has 0 aliphatic carbocycles. The second-order valence-electron chi connectivity index (χ2n) is 3.78. The predicted octanol–water partition coefficient (Wildman–Crippen LogP) is -0.198. The van der Waals surface area contributed by atoms with E-state index in [4.69, 9.17) is 0 Å². The van der Waals surface area contributed by atoms with Gasteiger partial charge in [0.25, 0.3) is 0 Å². The van der Waals surface area contributed by atoms with Gasteiger partial charge in [-0.25, -0.2) is 4.90 Å². The highest BCUT2D eigenvalue weighted by molar-refractivity contribution is 8.01. The number of rotatable bonds is 4. The Hall–Kier alpha value is -1.82. The first kappa shape index (κ1) is 12.6. The van der Waals surface area contributed by atoms with E-state index in [0.29, 0.717) is 5.69 Å². The summed E-state index contributed by atoms with van der Waals surface area (Å²) in [6, 6.07) is 8.59. The number of carboxylic acids is 1.